The van der Waals surface area contributed by atoms with Crippen molar-refractivity contribution < 1.29 is 14.3 Å². The van der Waals surface area contributed by atoms with Gasteiger partial charge in [0.1, 0.15) is 17.1 Å². The van der Waals surface area contributed by atoms with E-state index in [2.05, 4.69) is 25.6 Å². The number of hydrogen-bond acceptors (Lipinski definition) is 6. The van der Waals surface area contributed by atoms with Crippen molar-refractivity contribution in [2.24, 2.45) is 0 Å². The Morgan fingerprint density at radius 3 is 2.39 bits per heavy atom. The molecule has 0 aliphatic heterocycles. The van der Waals surface area contributed by atoms with Crippen LogP contribution in [0.2, 0.25) is 0 Å². The Kier molecular flexibility index (Phi) is 5.57. The number of benzene rings is 1. The maximum Gasteiger partial charge on any atom is 0.265 e. The van der Waals surface area contributed by atoms with Crippen molar-refractivity contribution >= 4 is 22.5 Å². The van der Waals surface area contributed by atoms with Crippen LogP contribution in [0.4, 0.5) is 10.1 Å². The van der Waals surface area contributed by atoms with Crippen molar-refractivity contribution in [3.05, 3.63) is 94.0 Å². The largest absolute Gasteiger partial charge is 0.506 e. The molecule has 0 bridgehead atoms. The number of aromatic nitrogens is 3. The van der Waals surface area contributed by atoms with Gasteiger partial charge in [0.05, 0.1) is 11.2 Å². The summed E-state index contributed by atoms with van der Waals surface area (Å²) >= 11 is 0. The van der Waals surface area contributed by atoms with E-state index in [1.807, 2.05) is 6.07 Å². The first-order valence-electron chi connectivity index (χ1n) is 9.41. The number of nitrogens with zero attached hydrogens (tertiary/aromatic N) is 2. The number of halogens is 1. The van der Waals surface area contributed by atoms with E-state index in [0.29, 0.717) is 6.54 Å². The Morgan fingerprint density at radius 2 is 1.74 bits per heavy atom. The van der Waals surface area contributed by atoms with Gasteiger partial charge in [0.25, 0.3) is 11.5 Å². The minimum absolute atomic E-state index is 0.0237. The zero-order chi connectivity index (χ0) is 21.8. The third kappa shape index (κ3) is 4.35. The number of H-pyrrole nitrogens is 1. The second kappa shape index (κ2) is 8.62. The first-order chi connectivity index (χ1) is 15.0. The maximum absolute atomic E-state index is 14.6. The number of aromatic hydroxyl groups is 1. The smallest absolute Gasteiger partial charge is 0.265 e. The monoisotopic (exact) mass is 419 g/mol. The molecule has 3 aromatic heterocycles. The molecule has 9 heteroatoms. The molecule has 0 spiro atoms. The van der Waals surface area contributed by atoms with Crippen molar-refractivity contribution in [1.82, 2.24) is 20.3 Å². The Labute approximate surface area is 175 Å². The van der Waals surface area contributed by atoms with E-state index in [0.717, 1.165) is 17.2 Å². The van der Waals surface area contributed by atoms with Crippen LogP contribution in [0.5, 0.6) is 5.75 Å². The summed E-state index contributed by atoms with van der Waals surface area (Å²) in [5, 5.41) is 16.0. The SMILES string of the molecule is O=C(NCc1cccnc1)c1c(O)c2cc(F)c(NCc3cccnc3)cc2[nH]c1=O. The van der Waals surface area contributed by atoms with E-state index >= 15 is 0 Å². The Bertz CT molecular complexity index is 1290. The highest BCUT2D eigenvalue weighted by Crippen LogP contribution is 2.29. The van der Waals surface area contributed by atoms with Gasteiger partial charge in [-0.3, -0.25) is 19.6 Å². The van der Waals surface area contributed by atoms with E-state index in [-0.39, 0.29) is 23.1 Å². The van der Waals surface area contributed by atoms with E-state index in [1.54, 1.807) is 43.0 Å². The summed E-state index contributed by atoms with van der Waals surface area (Å²) in [5.74, 6) is -2.00. The number of carbonyl (C=O) groups excluding carboxylic acids is 1. The number of anilines is 1. The highest BCUT2D eigenvalue weighted by molar-refractivity contribution is 6.02. The molecule has 0 aliphatic rings. The van der Waals surface area contributed by atoms with Gasteiger partial charge >= 0.3 is 0 Å². The molecule has 0 aliphatic carbocycles. The Balaban J connectivity index is 1.60. The molecular formula is C22H18FN5O3. The second-order valence-electron chi connectivity index (χ2n) is 6.81. The fourth-order valence-electron chi connectivity index (χ4n) is 3.12. The van der Waals surface area contributed by atoms with Crippen molar-refractivity contribution in [3.63, 3.8) is 0 Å². The minimum atomic E-state index is -0.779. The summed E-state index contributed by atoms with van der Waals surface area (Å²) in [5.41, 5.74) is 0.647. The van der Waals surface area contributed by atoms with E-state index in [4.69, 9.17) is 0 Å². The zero-order valence-electron chi connectivity index (χ0n) is 16.2. The topological polar surface area (TPSA) is 120 Å². The van der Waals surface area contributed by atoms with Gasteiger partial charge in [0.2, 0.25) is 0 Å². The van der Waals surface area contributed by atoms with E-state index in [9.17, 15) is 19.1 Å². The van der Waals surface area contributed by atoms with Crippen LogP contribution in [-0.4, -0.2) is 26.0 Å². The summed E-state index contributed by atoms with van der Waals surface area (Å²) in [6.45, 7) is 0.441. The molecular weight excluding hydrogens is 401 g/mol. The molecule has 31 heavy (non-hydrogen) atoms. The lowest BCUT2D eigenvalue weighted by Crippen LogP contribution is -2.29. The third-order valence-electron chi connectivity index (χ3n) is 4.68. The van der Waals surface area contributed by atoms with Crippen LogP contribution in [0.15, 0.2) is 66.0 Å². The quantitative estimate of drug-likeness (QED) is 0.381. The fraction of sp³-hybridized carbons (Fsp3) is 0.0909. The third-order valence-corrected chi connectivity index (χ3v) is 4.68. The summed E-state index contributed by atoms with van der Waals surface area (Å²) in [7, 11) is 0. The van der Waals surface area contributed by atoms with Gasteiger partial charge in [-0.25, -0.2) is 4.39 Å². The molecule has 4 rings (SSSR count). The number of pyridine rings is 3. The van der Waals surface area contributed by atoms with Crippen LogP contribution in [0.3, 0.4) is 0 Å². The molecule has 156 valence electrons. The zero-order valence-corrected chi connectivity index (χ0v) is 16.2. The molecule has 0 saturated carbocycles. The Hall–Kier alpha value is -4.27. The lowest BCUT2D eigenvalue weighted by atomic mass is 10.1. The van der Waals surface area contributed by atoms with E-state index < -0.39 is 28.6 Å². The summed E-state index contributed by atoms with van der Waals surface area (Å²) in [4.78, 5) is 35.4. The van der Waals surface area contributed by atoms with Crippen molar-refractivity contribution in [1.29, 1.82) is 0 Å². The number of hydrogen-bond donors (Lipinski definition) is 4. The molecule has 4 N–H and O–H groups in total. The number of rotatable bonds is 6. The minimum Gasteiger partial charge on any atom is -0.506 e. The van der Waals surface area contributed by atoms with Crippen LogP contribution in [0.25, 0.3) is 10.9 Å². The molecule has 0 unspecified atom stereocenters. The number of carbonyl (C=O) groups is 1. The molecule has 0 saturated heterocycles. The molecule has 1 aromatic carbocycles. The molecule has 0 atom stereocenters. The van der Waals surface area contributed by atoms with Crippen LogP contribution >= 0.6 is 0 Å². The van der Waals surface area contributed by atoms with Gasteiger partial charge in [-0.15, -0.1) is 0 Å². The lowest BCUT2D eigenvalue weighted by molar-refractivity contribution is 0.0947. The predicted molar refractivity (Wildman–Crippen MR) is 113 cm³/mol. The number of amides is 1. The normalized spacial score (nSPS) is 10.7. The molecule has 0 radical (unpaired) electrons. The van der Waals surface area contributed by atoms with Crippen molar-refractivity contribution in [2.45, 2.75) is 13.1 Å². The average molecular weight is 419 g/mol. The van der Waals surface area contributed by atoms with Gasteiger partial charge < -0.3 is 20.7 Å². The lowest BCUT2D eigenvalue weighted by Gasteiger charge is -2.12. The predicted octanol–water partition coefficient (Wildman–Crippen LogP) is 2.70. The second-order valence-corrected chi connectivity index (χ2v) is 6.81. The van der Waals surface area contributed by atoms with Crippen LogP contribution in [-0.2, 0) is 13.1 Å². The average Bonchev–Trinajstić information content (AvgIpc) is 2.78. The fourth-order valence-corrected chi connectivity index (χ4v) is 3.12. The molecule has 1 amide bonds. The van der Waals surface area contributed by atoms with E-state index in [1.165, 1.54) is 6.07 Å². The highest BCUT2D eigenvalue weighted by Gasteiger charge is 2.20. The van der Waals surface area contributed by atoms with Crippen molar-refractivity contribution in [3.8, 4) is 5.75 Å². The molecule has 3 heterocycles. The summed E-state index contributed by atoms with van der Waals surface area (Å²) in [6.07, 6.45) is 6.45. The molecule has 8 nitrogen and oxygen atoms in total. The van der Waals surface area contributed by atoms with Gasteiger partial charge in [-0.1, -0.05) is 12.1 Å². The van der Waals surface area contributed by atoms with Gasteiger partial charge in [-0.05, 0) is 35.4 Å². The van der Waals surface area contributed by atoms with Gasteiger partial charge in [0.15, 0.2) is 0 Å². The first kappa shape index (κ1) is 20.0. The maximum atomic E-state index is 14.6. The van der Waals surface area contributed by atoms with Crippen LogP contribution < -0.4 is 16.2 Å². The number of fused-ring (bicyclic) bond motifs is 1. The van der Waals surface area contributed by atoms with Gasteiger partial charge in [-0.2, -0.15) is 0 Å². The van der Waals surface area contributed by atoms with Crippen molar-refractivity contribution in [2.75, 3.05) is 5.32 Å². The first-order valence-corrected chi connectivity index (χ1v) is 9.41. The number of aromatic amines is 1. The van der Waals surface area contributed by atoms with Gasteiger partial charge in [0, 0.05) is 43.3 Å². The molecule has 0 fully saturated rings. The van der Waals surface area contributed by atoms with Crippen LogP contribution in [0, 0.1) is 5.82 Å². The van der Waals surface area contributed by atoms with Crippen LogP contribution in [0.1, 0.15) is 21.5 Å². The summed E-state index contributed by atoms with van der Waals surface area (Å²) in [6, 6.07) is 9.52. The standard InChI is InChI=1S/C22H18FN5O3/c23-16-7-15-17(8-18(16)26-11-13-3-1-5-24-9-13)28-22(31)19(20(15)29)21(30)27-12-14-4-2-6-25-10-14/h1-10,26H,11-12H2,(H,27,30)(H2,28,29,31). The molecule has 4 aromatic rings. The Morgan fingerprint density at radius 1 is 1.06 bits per heavy atom. The summed E-state index contributed by atoms with van der Waals surface area (Å²) < 4.78 is 14.6. The highest BCUT2D eigenvalue weighted by atomic mass is 19.1. The number of nitrogens with one attached hydrogen (secondary N) is 3.